The molecule has 0 spiro atoms. The average Bonchev–Trinajstić information content (AvgIpc) is 2.30. The Morgan fingerprint density at radius 3 is 2.50 bits per heavy atom. The molecule has 14 heavy (non-hydrogen) atoms. The van der Waals surface area contributed by atoms with Crippen LogP contribution in [0.5, 0.6) is 0 Å². The number of allylic oxidation sites excluding steroid dienone is 4. The Hall–Kier alpha value is -1.81. The van der Waals surface area contributed by atoms with Gasteiger partial charge in [0.2, 0.25) is 0 Å². The van der Waals surface area contributed by atoms with Gasteiger partial charge in [0.25, 0.3) is 0 Å². The Labute approximate surface area is 84.0 Å². The van der Waals surface area contributed by atoms with Crippen molar-refractivity contribution in [3.8, 4) is 6.07 Å². The number of hydrogen-bond acceptors (Lipinski definition) is 1. The van der Waals surface area contributed by atoms with Gasteiger partial charge in [0.05, 0.1) is 11.6 Å². The van der Waals surface area contributed by atoms with Gasteiger partial charge in [-0.05, 0) is 24.1 Å². The van der Waals surface area contributed by atoms with Crippen LogP contribution in [-0.4, -0.2) is 0 Å². The highest BCUT2D eigenvalue weighted by molar-refractivity contribution is 5.35. The third-order valence-electron chi connectivity index (χ3n) is 2.45. The molecule has 0 bridgehead atoms. The maximum atomic E-state index is 8.66. The fourth-order valence-electron chi connectivity index (χ4n) is 1.63. The Morgan fingerprint density at radius 2 is 1.93 bits per heavy atom. The lowest BCUT2D eigenvalue weighted by Crippen LogP contribution is -1.95. The van der Waals surface area contributed by atoms with Crippen LogP contribution >= 0.6 is 0 Å². The lowest BCUT2D eigenvalue weighted by Gasteiger charge is -2.12. The summed E-state index contributed by atoms with van der Waals surface area (Å²) in [6, 6.07) is 9.95. The molecule has 0 saturated carbocycles. The first-order chi connectivity index (χ1) is 6.90. The summed E-state index contributed by atoms with van der Waals surface area (Å²) in [6.45, 7) is 0. The molecular weight excluding hydrogens is 170 g/mol. The molecule has 0 radical (unpaired) electrons. The second-order valence-corrected chi connectivity index (χ2v) is 3.39. The van der Waals surface area contributed by atoms with Gasteiger partial charge in [-0.1, -0.05) is 36.4 Å². The zero-order valence-electron chi connectivity index (χ0n) is 7.85. The summed E-state index contributed by atoms with van der Waals surface area (Å²) in [7, 11) is 0. The van der Waals surface area contributed by atoms with E-state index in [9.17, 15) is 0 Å². The van der Waals surface area contributed by atoms with Gasteiger partial charge in [-0.3, -0.25) is 0 Å². The first kappa shape index (κ1) is 8.77. The minimum Gasteiger partial charge on any atom is -0.192 e. The van der Waals surface area contributed by atoms with E-state index < -0.39 is 0 Å². The standard InChI is InChI=1S/C13H11N/c14-10-11-6-8-13(9-7-11)12-4-2-1-3-5-12/h1-4,6-9,12H,5H2/t12-/m1/s1. The SMILES string of the molecule is N#Cc1ccc([C@@H]2C=CC=CC2)cc1. The largest absolute Gasteiger partial charge is 0.192 e. The first-order valence-electron chi connectivity index (χ1n) is 4.73. The molecule has 1 aromatic rings. The summed E-state index contributed by atoms with van der Waals surface area (Å²) in [5.41, 5.74) is 2.01. The van der Waals surface area contributed by atoms with Gasteiger partial charge >= 0.3 is 0 Å². The minimum absolute atomic E-state index is 0.479. The molecule has 1 aromatic carbocycles. The van der Waals surface area contributed by atoms with Gasteiger partial charge in [-0.2, -0.15) is 5.26 Å². The highest BCUT2D eigenvalue weighted by Crippen LogP contribution is 2.24. The van der Waals surface area contributed by atoms with Gasteiger partial charge in [-0.15, -0.1) is 0 Å². The molecule has 0 fully saturated rings. The number of nitriles is 1. The predicted octanol–water partition coefficient (Wildman–Crippen LogP) is 3.16. The minimum atomic E-state index is 0.479. The molecule has 1 aliphatic carbocycles. The van der Waals surface area contributed by atoms with Crippen LogP contribution in [0.3, 0.4) is 0 Å². The summed E-state index contributed by atoms with van der Waals surface area (Å²) in [4.78, 5) is 0. The fourth-order valence-corrected chi connectivity index (χ4v) is 1.63. The van der Waals surface area contributed by atoms with Gasteiger partial charge in [0.15, 0.2) is 0 Å². The zero-order chi connectivity index (χ0) is 9.80. The van der Waals surface area contributed by atoms with E-state index in [2.05, 4.69) is 30.4 Å². The maximum Gasteiger partial charge on any atom is 0.0991 e. The van der Waals surface area contributed by atoms with Crippen molar-refractivity contribution >= 4 is 0 Å². The fraction of sp³-hybridized carbons (Fsp3) is 0.154. The van der Waals surface area contributed by atoms with Crippen molar-refractivity contribution < 1.29 is 0 Å². The van der Waals surface area contributed by atoms with Crippen LogP contribution in [0.2, 0.25) is 0 Å². The van der Waals surface area contributed by atoms with Crippen LogP contribution in [0.15, 0.2) is 48.6 Å². The Kier molecular flexibility index (Phi) is 2.46. The molecule has 1 nitrogen and oxygen atoms in total. The first-order valence-corrected chi connectivity index (χ1v) is 4.73. The van der Waals surface area contributed by atoms with Crippen molar-refractivity contribution in [3.05, 3.63) is 59.7 Å². The van der Waals surface area contributed by atoms with Gasteiger partial charge in [0, 0.05) is 5.92 Å². The van der Waals surface area contributed by atoms with Gasteiger partial charge in [-0.25, -0.2) is 0 Å². The molecule has 0 aliphatic heterocycles. The molecule has 1 atom stereocenters. The molecule has 1 heteroatoms. The Morgan fingerprint density at radius 1 is 1.14 bits per heavy atom. The molecule has 1 aliphatic rings. The summed E-state index contributed by atoms with van der Waals surface area (Å²) >= 11 is 0. The van der Waals surface area contributed by atoms with E-state index in [1.54, 1.807) is 0 Å². The third kappa shape index (κ3) is 1.75. The zero-order valence-corrected chi connectivity index (χ0v) is 7.85. The van der Waals surface area contributed by atoms with Crippen LogP contribution in [0, 0.1) is 11.3 Å². The molecule has 0 saturated heterocycles. The lowest BCUT2D eigenvalue weighted by atomic mass is 9.92. The van der Waals surface area contributed by atoms with Crippen molar-refractivity contribution in [2.45, 2.75) is 12.3 Å². The molecule has 0 N–H and O–H groups in total. The molecule has 0 heterocycles. The van der Waals surface area contributed by atoms with Crippen molar-refractivity contribution in [2.75, 3.05) is 0 Å². The number of rotatable bonds is 1. The van der Waals surface area contributed by atoms with Crippen LogP contribution in [0.1, 0.15) is 23.5 Å². The van der Waals surface area contributed by atoms with Crippen molar-refractivity contribution in [1.82, 2.24) is 0 Å². The Balaban J connectivity index is 2.21. The Bertz CT molecular complexity index is 404. The second-order valence-electron chi connectivity index (χ2n) is 3.39. The molecule has 0 unspecified atom stereocenters. The number of nitrogens with zero attached hydrogens (tertiary/aromatic N) is 1. The average molecular weight is 181 g/mol. The molecule has 0 aromatic heterocycles. The van der Waals surface area contributed by atoms with Crippen LogP contribution in [0.25, 0.3) is 0 Å². The van der Waals surface area contributed by atoms with Crippen molar-refractivity contribution in [1.29, 1.82) is 5.26 Å². The van der Waals surface area contributed by atoms with Gasteiger partial charge < -0.3 is 0 Å². The number of hydrogen-bond donors (Lipinski definition) is 0. The lowest BCUT2D eigenvalue weighted by molar-refractivity contribution is 0.853. The topological polar surface area (TPSA) is 23.8 Å². The smallest absolute Gasteiger partial charge is 0.0991 e. The monoisotopic (exact) mass is 181 g/mol. The highest BCUT2D eigenvalue weighted by Gasteiger charge is 2.07. The van der Waals surface area contributed by atoms with E-state index in [-0.39, 0.29) is 0 Å². The van der Waals surface area contributed by atoms with E-state index >= 15 is 0 Å². The number of benzene rings is 1. The third-order valence-corrected chi connectivity index (χ3v) is 2.45. The highest BCUT2D eigenvalue weighted by atomic mass is 14.2. The molecular formula is C13H11N. The molecule has 68 valence electrons. The normalized spacial score (nSPS) is 19.2. The summed E-state index contributed by atoms with van der Waals surface area (Å²) in [5.74, 6) is 0.479. The maximum absolute atomic E-state index is 8.66. The second kappa shape index (κ2) is 3.93. The van der Waals surface area contributed by atoms with Crippen LogP contribution < -0.4 is 0 Å². The van der Waals surface area contributed by atoms with Crippen molar-refractivity contribution in [2.24, 2.45) is 0 Å². The van der Waals surface area contributed by atoms with E-state index in [1.165, 1.54) is 5.56 Å². The van der Waals surface area contributed by atoms with Crippen molar-refractivity contribution in [3.63, 3.8) is 0 Å². The summed E-state index contributed by atoms with van der Waals surface area (Å²) in [5, 5.41) is 8.66. The molecule has 2 rings (SSSR count). The van der Waals surface area contributed by atoms with E-state index in [4.69, 9.17) is 5.26 Å². The molecule has 0 amide bonds. The van der Waals surface area contributed by atoms with Crippen LogP contribution in [-0.2, 0) is 0 Å². The van der Waals surface area contributed by atoms with Gasteiger partial charge in [0.1, 0.15) is 0 Å². The van der Waals surface area contributed by atoms with E-state index in [1.807, 2.05) is 24.3 Å². The van der Waals surface area contributed by atoms with E-state index in [0.717, 1.165) is 12.0 Å². The van der Waals surface area contributed by atoms with E-state index in [0.29, 0.717) is 5.92 Å². The predicted molar refractivity (Wildman–Crippen MR) is 56.8 cm³/mol. The van der Waals surface area contributed by atoms with Crippen LogP contribution in [0.4, 0.5) is 0 Å². The quantitative estimate of drug-likeness (QED) is 0.652. The summed E-state index contributed by atoms with van der Waals surface area (Å²) in [6.07, 6.45) is 9.57. The summed E-state index contributed by atoms with van der Waals surface area (Å²) < 4.78 is 0.